The zero-order chi connectivity index (χ0) is 13.9. The highest BCUT2D eigenvalue weighted by molar-refractivity contribution is 5.45. The first-order valence-electron chi connectivity index (χ1n) is 7.08. The average molecular weight is 264 g/mol. The number of nitrogens with zero attached hydrogens (tertiary/aromatic N) is 2. The van der Waals surface area contributed by atoms with Crippen LogP contribution in [0.2, 0.25) is 0 Å². The molecule has 5 nitrogen and oxygen atoms in total. The summed E-state index contributed by atoms with van der Waals surface area (Å²) >= 11 is 0. The summed E-state index contributed by atoms with van der Waals surface area (Å²) in [6.07, 6.45) is 6.85. The highest BCUT2D eigenvalue weighted by Gasteiger charge is 2.32. The summed E-state index contributed by atoms with van der Waals surface area (Å²) < 4.78 is 0. The molecule has 0 bridgehead atoms. The molecule has 0 atom stereocenters. The van der Waals surface area contributed by atoms with Crippen molar-refractivity contribution in [1.82, 2.24) is 9.97 Å². The number of anilines is 2. The second-order valence-electron chi connectivity index (χ2n) is 5.69. The van der Waals surface area contributed by atoms with E-state index in [2.05, 4.69) is 22.2 Å². The fourth-order valence-electron chi connectivity index (χ4n) is 2.68. The maximum atomic E-state index is 10.6. The van der Waals surface area contributed by atoms with Gasteiger partial charge < -0.3 is 16.2 Å². The van der Waals surface area contributed by atoms with Crippen molar-refractivity contribution in [2.45, 2.75) is 51.6 Å². The number of rotatable bonds is 4. The van der Waals surface area contributed by atoms with Gasteiger partial charge in [0.15, 0.2) is 0 Å². The lowest BCUT2D eigenvalue weighted by molar-refractivity contribution is 0.00222. The lowest BCUT2D eigenvalue weighted by Crippen LogP contribution is -2.40. The molecular weight excluding hydrogens is 240 g/mol. The van der Waals surface area contributed by atoms with Crippen LogP contribution in [-0.2, 0) is 0 Å². The molecule has 1 aliphatic rings. The molecule has 0 saturated heterocycles. The summed E-state index contributed by atoms with van der Waals surface area (Å²) in [5.74, 6) is 1.75. The van der Waals surface area contributed by atoms with Gasteiger partial charge in [-0.15, -0.1) is 0 Å². The Morgan fingerprint density at radius 2 is 2.16 bits per heavy atom. The van der Waals surface area contributed by atoms with Gasteiger partial charge in [-0.25, -0.2) is 4.98 Å². The molecule has 1 saturated carbocycles. The normalized spacial score (nSPS) is 27.2. The van der Waals surface area contributed by atoms with Crippen LogP contribution in [0.25, 0.3) is 0 Å². The van der Waals surface area contributed by atoms with E-state index in [0.29, 0.717) is 6.54 Å². The Bertz CT molecular complexity index is 427. The Morgan fingerprint density at radius 3 is 2.79 bits per heavy atom. The number of hydrogen-bond donors (Lipinski definition) is 3. The zero-order valence-electron chi connectivity index (χ0n) is 11.8. The topological polar surface area (TPSA) is 84.1 Å². The van der Waals surface area contributed by atoms with Crippen LogP contribution in [0.1, 0.15) is 44.6 Å². The molecule has 0 unspecified atom stereocenters. The van der Waals surface area contributed by atoms with Crippen molar-refractivity contribution in [3.63, 3.8) is 0 Å². The van der Waals surface area contributed by atoms with Gasteiger partial charge in [-0.05, 0) is 38.5 Å². The lowest BCUT2D eigenvalue weighted by atomic mass is 9.78. The van der Waals surface area contributed by atoms with Crippen LogP contribution in [-0.4, -0.2) is 27.2 Å². The summed E-state index contributed by atoms with van der Waals surface area (Å²) in [5.41, 5.74) is 5.91. The largest absolute Gasteiger partial charge is 0.388 e. The lowest BCUT2D eigenvalue weighted by Gasteiger charge is -2.36. The predicted molar refractivity (Wildman–Crippen MR) is 76.9 cm³/mol. The molecule has 4 N–H and O–H groups in total. The number of hydrogen-bond acceptors (Lipinski definition) is 5. The standard InChI is InChI=1S/C14H24N4O/c1-3-11-4-6-14(19,7-5-11)9-17-12-10(2)8-16-13(15)18-12/h8,11,19H,3-7,9H2,1-2H3,(H3,15,16,17,18). The van der Waals surface area contributed by atoms with Gasteiger partial charge in [0, 0.05) is 18.3 Å². The smallest absolute Gasteiger partial charge is 0.221 e. The summed E-state index contributed by atoms with van der Waals surface area (Å²) in [7, 11) is 0. The maximum absolute atomic E-state index is 10.6. The molecule has 106 valence electrons. The van der Waals surface area contributed by atoms with Crippen LogP contribution in [0.15, 0.2) is 6.20 Å². The number of aromatic nitrogens is 2. The van der Waals surface area contributed by atoms with E-state index in [0.717, 1.165) is 43.0 Å². The highest BCUT2D eigenvalue weighted by Crippen LogP contribution is 2.33. The molecule has 1 aromatic heterocycles. The first-order valence-corrected chi connectivity index (χ1v) is 7.08. The van der Waals surface area contributed by atoms with Crippen molar-refractivity contribution in [1.29, 1.82) is 0 Å². The Labute approximate surface area is 114 Å². The monoisotopic (exact) mass is 264 g/mol. The number of nitrogens with one attached hydrogen (secondary N) is 1. The fraction of sp³-hybridized carbons (Fsp3) is 0.714. The van der Waals surface area contributed by atoms with Crippen molar-refractivity contribution in [2.24, 2.45) is 5.92 Å². The van der Waals surface area contributed by atoms with E-state index in [1.54, 1.807) is 6.20 Å². The fourth-order valence-corrected chi connectivity index (χ4v) is 2.68. The molecule has 0 radical (unpaired) electrons. The molecule has 1 heterocycles. The minimum absolute atomic E-state index is 0.259. The minimum Gasteiger partial charge on any atom is -0.388 e. The third-order valence-corrected chi connectivity index (χ3v) is 4.19. The summed E-state index contributed by atoms with van der Waals surface area (Å²) in [4.78, 5) is 8.10. The summed E-state index contributed by atoms with van der Waals surface area (Å²) in [6, 6.07) is 0. The van der Waals surface area contributed by atoms with Gasteiger partial charge in [0.25, 0.3) is 0 Å². The van der Waals surface area contributed by atoms with E-state index in [4.69, 9.17) is 5.73 Å². The SMILES string of the molecule is CCC1CCC(O)(CNc2nc(N)ncc2C)CC1. The molecule has 0 aromatic carbocycles. The van der Waals surface area contributed by atoms with E-state index in [-0.39, 0.29) is 5.95 Å². The molecule has 19 heavy (non-hydrogen) atoms. The van der Waals surface area contributed by atoms with Gasteiger partial charge in [0.05, 0.1) is 5.60 Å². The van der Waals surface area contributed by atoms with Crippen molar-refractivity contribution in [3.8, 4) is 0 Å². The second-order valence-corrected chi connectivity index (χ2v) is 5.69. The van der Waals surface area contributed by atoms with Crippen molar-refractivity contribution < 1.29 is 5.11 Å². The third kappa shape index (κ3) is 3.56. The molecule has 0 spiro atoms. The Hall–Kier alpha value is -1.36. The van der Waals surface area contributed by atoms with Crippen LogP contribution in [0.5, 0.6) is 0 Å². The van der Waals surface area contributed by atoms with E-state index >= 15 is 0 Å². The first kappa shape index (κ1) is 14.1. The molecule has 1 fully saturated rings. The Balaban J connectivity index is 1.93. The van der Waals surface area contributed by atoms with Crippen LogP contribution >= 0.6 is 0 Å². The molecule has 2 rings (SSSR count). The van der Waals surface area contributed by atoms with Gasteiger partial charge in [0.1, 0.15) is 5.82 Å². The van der Waals surface area contributed by atoms with Crippen LogP contribution in [0, 0.1) is 12.8 Å². The maximum Gasteiger partial charge on any atom is 0.221 e. The van der Waals surface area contributed by atoms with Crippen LogP contribution in [0.4, 0.5) is 11.8 Å². The van der Waals surface area contributed by atoms with E-state index in [1.165, 1.54) is 6.42 Å². The summed E-state index contributed by atoms with van der Waals surface area (Å²) in [6.45, 7) is 4.68. The van der Waals surface area contributed by atoms with Gasteiger partial charge in [0.2, 0.25) is 5.95 Å². The van der Waals surface area contributed by atoms with Crippen molar-refractivity contribution >= 4 is 11.8 Å². The average Bonchev–Trinajstić information content (AvgIpc) is 2.41. The number of nitrogen functional groups attached to an aromatic ring is 1. The summed E-state index contributed by atoms with van der Waals surface area (Å²) in [5, 5.41) is 13.8. The zero-order valence-corrected chi connectivity index (χ0v) is 11.8. The molecular formula is C14H24N4O. The van der Waals surface area contributed by atoms with E-state index in [9.17, 15) is 5.11 Å². The number of aryl methyl sites for hydroxylation is 1. The Morgan fingerprint density at radius 1 is 1.47 bits per heavy atom. The highest BCUT2D eigenvalue weighted by atomic mass is 16.3. The first-order chi connectivity index (χ1) is 9.02. The van der Waals surface area contributed by atoms with Gasteiger partial charge in [-0.3, -0.25) is 0 Å². The van der Waals surface area contributed by atoms with Crippen LogP contribution < -0.4 is 11.1 Å². The van der Waals surface area contributed by atoms with E-state index < -0.39 is 5.60 Å². The molecule has 1 aliphatic carbocycles. The number of aliphatic hydroxyl groups is 1. The van der Waals surface area contributed by atoms with E-state index in [1.807, 2.05) is 6.92 Å². The second kappa shape index (κ2) is 5.74. The minimum atomic E-state index is -0.613. The quantitative estimate of drug-likeness (QED) is 0.775. The Kier molecular flexibility index (Phi) is 4.24. The van der Waals surface area contributed by atoms with Gasteiger partial charge in [-0.1, -0.05) is 13.3 Å². The molecule has 5 heteroatoms. The molecule has 0 amide bonds. The molecule has 0 aliphatic heterocycles. The van der Waals surface area contributed by atoms with Crippen molar-refractivity contribution in [3.05, 3.63) is 11.8 Å². The van der Waals surface area contributed by atoms with Gasteiger partial charge in [-0.2, -0.15) is 4.98 Å². The number of nitrogens with two attached hydrogens (primary N) is 1. The van der Waals surface area contributed by atoms with Crippen LogP contribution in [0.3, 0.4) is 0 Å². The predicted octanol–water partition coefficient (Wildman–Crippen LogP) is 2.11. The molecule has 1 aromatic rings. The third-order valence-electron chi connectivity index (χ3n) is 4.19. The van der Waals surface area contributed by atoms with Gasteiger partial charge >= 0.3 is 0 Å². The van der Waals surface area contributed by atoms with Crippen molar-refractivity contribution in [2.75, 3.05) is 17.6 Å².